The summed E-state index contributed by atoms with van der Waals surface area (Å²) in [6.07, 6.45) is 0. The van der Waals surface area contributed by atoms with Crippen LogP contribution in [0.5, 0.6) is 0 Å². The predicted octanol–water partition coefficient (Wildman–Crippen LogP) is 8.60. The second-order valence-corrected chi connectivity index (χ2v) is 10.7. The van der Waals surface area contributed by atoms with Crippen molar-refractivity contribution < 1.29 is 0 Å². The summed E-state index contributed by atoms with van der Waals surface area (Å²) < 4.78 is 0. The SMILES string of the molecule is CN(C(C)(C)C)C(C)(C)C.Cc1ccc(N(c2ccc(C)cc2)c2ccc(C)cc2)cc1. The molecule has 2 heteroatoms. The summed E-state index contributed by atoms with van der Waals surface area (Å²) in [4.78, 5) is 4.66. The third-order valence-corrected chi connectivity index (χ3v) is 5.89. The molecule has 32 heavy (non-hydrogen) atoms. The number of nitrogens with zero attached hydrogens (tertiary/aromatic N) is 2. The van der Waals surface area contributed by atoms with Gasteiger partial charge in [-0.15, -0.1) is 0 Å². The highest BCUT2D eigenvalue weighted by Gasteiger charge is 2.27. The molecule has 3 aromatic carbocycles. The predicted molar refractivity (Wildman–Crippen MR) is 143 cm³/mol. The van der Waals surface area contributed by atoms with Gasteiger partial charge in [0, 0.05) is 28.1 Å². The zero-order valence-corrected chi connectivity index (χ0v) is 21.8. The minimum atomic E-state index is 0.276. The van der Waals surface area contributed by atoms with Gasteiger partial charge in [0.05, 0.1) is 0 Å². The maximum absolute atomic E-state index is 2.38. The average Bonchev–Trinajstić information content (AvgIpc) is 2.71. The van der Waals surface area contributed by atoms with Crippen LogP contribution in [0.25, 0.3) is 0 Å². The molecule has 0 amide bonds. The largest absolute Gasteiger partial charge is 0.311 e. The van der Waals surface area contributed by atoms with Crippen LogP contribution in [-0.2, 0) is 0 Å². The van der Waals surface area contributed by atoms with E-state index in [0.29, 0.717) is 0 Å². The molecule has 0 atom stereocenters. The van der Waals surface area contributed by atoms with Crippen molar-refractivity contribution in [1.29, 1.82) is 0 Å². The first-order valence-electron chi connectivity index (χ1n) is 11.5. The van der Waals surface area contributed by atoms with E-state index < -0.39 is 0 Å². The summed E-state index contributed by atoms with van der Waals surface area (Å²) in [7, 11) is 2.17. The molecule has 0 N–H and O–H groups in total. The van der Waals surface area contributed by atoms with Crippen molar-refractivity contribution >= 4 is 17.1 Å². The van der Waals surface area contributed by atoms with Crippen LogP contribution in [0, 0.1) is 20.8 Å². The van der Waals surface area contributed by atoms with Crippen LogP contribution in [0.15, 0.2) is 72.8 Å². The first-order valence-corrected chi connectivity index (χ1v) is 11.5. The summed E-state index contributed by atoms with van der Waals surface area (Å²) in [6, 6.07) is 26.0. The highest BCUT2D eigenvalue weighted by Crippen LogP contribution is 2.34. The fraction of sp³-hybridized carbons (Fsp3) is 0.400. The summed E-state index contributed by atoms with van der Waals surface area (Å²) in [5.41, 5.74) is 7.91. The molecule has 0 bridgehead atoms. The van der Waals surface area contributed by atoms with Gasteiger partial charge >= 0.3 is 0 Å². The highest BCUT2D eigenvalue weighted by atomic mass is 15.2. The van der Waals surface area contributed by atoms with Gasteiger partial charge in [-0.05, 0) is 106 Å². The fourth-order valence-corrected chi connectivity index (χ4v) is 3.53. The van der Waals surface area contributed by atoms with Crippen LogP contribution in [0.2, 0.25) is 0 Å². The molecule has 0 heterocycles. The number of hydrogen-bond acceptors (Lipinski definition) is 2. The van der Waals surface area contributed by atoms with Crippen LogP contribution in [-0.4, -0.2) is 23.0 Å². The molecule has 0 aliphatic carbocycles. The molecular formula is C30H42N2. The van der Waals surface area contributed by atoms with Crippen LogP contribution in [0.3, 0.4) is 0 Å². The minimum Gasteiger partial charge on any atom is -0.311 e. The Labute approximate surface area is 196 Å². The Morgan fingerprint density at radius 3 is 0.812 bits per heavy atom. The summed E-state index contributed by atoms with van der Waals surface area (Å²) in [5.74, 6) is 0. The first-order chi connectivity index (χ1) is 14.8. The van der Waals surface area contributed by atoms with Gasteiger partial charge in [-0.3, -0.25) is 4.90 Å². The van der Waals surface area contributed by atoms with Crippen molar-refractivity contribution in [2.24, 2.45) is 0 Å². The Morgan fingerprint density at radius 1 is 0.438 bits per heavy atom. The standard InChI is InChI=1S/C21H21N.C9H21N/c1-16-4-10-19(11-5-16)22(20-12-6-17(2)7-13-20)21-14-8-18(3)9-15-21;1-8(2,3)10(7)9(4,5)6/h4-15H,1-3H3;1-7H3. The molecule has 0 unspecified atom stereocenters. The lowest BCUT2D eigenvalue weighted by atomic mass is 9.98. The lowest BCUT2D eigenvalue weighted by Gasteiger charge is -2.42. The third kappa shape index (κ3) is 7.24. The maximum Gasteiger partial charge on any atom is 0.0461 e. The lowest BCUT2D eigenvalue weighted by Crippen LogP contribution is -2.49. The van der Waals surface area contributed by atoms with Crippen molar-refractivity contribution in [2.45, 2.75) is 73.4 Å². The first kappa shape index (κ1) is 25.7. The topological polar surface area (TPSA) is 6.48 Å². The smallest absolute Gasteiger partial charge is 0.0461 e. The number of anilines is 3. The number of benzene rings is 3. The summed E-state index contributed by atoms with van der Waals surface area (Å²) >= 11 is 0. The van der Waals surface area contributed by atoms with E-state index >= 15 is 0 Å². The van der Waals surface area contributed by atoms with Crippen LogP contribution < -0.4 is 4.90 Å². The second-order valence-electron chi connectivity index (χ2n) is 10.7. The van der Waals surface area contributed by atoms with Crippen molar-refractivity contribution in [2.75, 3.05) is 11.9 Å². The van der Waals surface area contributed by atoms with Gasteiger partial charge in [-0.25, -0.2) is 0 Å². The van der Waals surface area contributed by atoms with Crippen molar-refractivity contribution in [1.82, 2.24) is 4.90 Å². The van der Waals surface area contributed by atoms with Crippen LogP contribution in [0.1, 0.15) is 58.2 Å². The lowest BCUT2D eigenvalue weighted by molar-refractivity contribution is 0.0700. The van der Waals surface area contributed by atoms with E-state index in [1.807, 2.05) is 0 Å². The summed E-state index contributed by atoms with van der Waals surface area (Å²) in [6.45, 7) is 19.8. The van der Waals surface area contributed by atoms with Gasteiger partial charge in [0.15, 0.2) is 0 Å². The van der Waals surface area contributed by atoms with E-state index in [9.17, 15) is 0 Å². The molecular weight excluding hydrogens is 388 g/mol. The Morgan fingerprint density at radius 2 is 0.656 bits per heavy atom. The Hall–Kier alpha value is -2.58. The highest BCUT2D eigenvalue weighted by molar-refractivity contribution is 5.76. The monoisotopic (exact) mass is 430 g/mol. The molecule has 0 aliphatic heterocycles. The van der Waals surface area contributed by atoms with Gasteiger partial charge in [-0.1, -0.05) is 53.1 Å². The van der Waals surface area contributed by atoms with Gasteiger partial charge in [0.1, 0.15) is 0 Å². The van der Waals surface area contributed by atoms with E-state index in [4.69, 9.17) is 0 Å². The van der Waals surface area contributed by atoms with Crippen LogP contribution in [0.4, 0.5) is 17.1 Å². The van der Waals surface area contributed by atoms with E-state index in [-0.39, 0.29) is 11.1 Å². The number of rotatable bonds is 3. The quantitative estimate of drug-likeness (QED) is 0.410. The molecule has 3 aromatic rings. The normalized spacial score (nSPS) is 11.7. The van der Waals surface area contributed by atoms with E-state index in [1.165, 1.54) is 33.8 Å². The van der Waals surface area contributed by atoms with E-state index in [0.717, 1.165) is 0 Å². The Bertz CT molecular complexity index is 832. The Kier molecular flexibility index (Phi) is 8.31. The van der Waals surface area contributed by atoms with E-state index in [2.05, 4.69) is 152 Å². The van der Waals surface area contributed by atoms with Crippen LogP contribution >= 0.6 is 0 Å². The van der Waals surface area contributed by atoms with Crippen molar-refractivity contribution in [3.8, 4) is 0 Å². The van der Waals surface area contributed by atoms with Gasteiger partial charge in [0.25, 0.3) is 0 Å². The van der Waals surface area contributed by atoms with Crippen molar-refractivity contribution in [3.63, 3.8) is 0 Å². The molecule has 0 saturated heterocycles. The maximum atomic E-state index is 2.38. The molecule has 172 valence electrons. The minimum absolute atomic E-state index is 0.276. The molecule has 3 rings (SSSR count). The molecule has 0 saturated carbocycles. The molecule has 0 spiro atoms. The average molecular weight is 431 g/mol. The molecule has 0 radical (unpaired) electrons. The zero-order chi connectivity index (χ0) is 24.1. The van der Waals surface area contributed by atoms with Gasteiger partial charge in [0.2, 0.25) is 0 Å². The molecule has 0 aromatic heterocycles. The van der Waals surface area contributed by atoms with Gasteiger partial charge in [-0.2, -0.15) is 0 Å². The number of aryl methyl sites for hydroxylation is 3. The Balaban J connectivity index is 0.000000309. The third-order valence-electron chi connectivity index (χ3n) is 5.89. The molecule has 2 nitrogen and oxygen atoms in total. The number of hydrogen-bond donors (Lipinski definition) is 0. The molecule has 0 fully saturated rings. The molecule has 0 aliphatic rings. The van der Waals surface area contributed by atoms with Crippen molar-refractivity contribution in [3.05, 3.63) is 89.5 Å². The van der Waals surface area contributed by atoms with E-state index in [1.54, 1.807) is 0 Å². The summed E-state index contributed by atoms with van der Waals surface area (Å²) in [5, 5.41) is 0. The fourth-order valence-electron chi connectivity index (χ4n) is 3.53. The second kappa shape index (κ2) is 10.4. The van der Waals surface area contributed by atoms with Gasteiger partial charge < -0.3 is 4.90 Å². The zero-order valence-electron chi connectivity index (χ0n) is 21.8.